The monoisotopic (exact) mass is 392 g/mol. The molecule has 5 rings (SSSR count). The van der Waals surface area contributed by atoms with Gasteiger partial charge in [0.2, 0.25) is 0 Å². The first kappa shape index (κ1) is 18.1. The summed E-state index contributed by atoms with van der Waals surface area (Å²) in [4.78, 5) is 18.6. The highest BCUT2D eigenvalue weighted by atomic mass is 16.5. The SMILES string of the molecule is COCC1CN(c2cc(C(=O)O)nc3c2c(C2CCC2)nn3-c2ccccc2)C1. The van der Waals surface area contributed by atoms with E-state index in [1.165, 1.54) is 6.42 Å². The largest absolute Gasteiger partial charge is 0.477 e. The van der Waals surface area contributed by atoms with Crippen LogP contribution in [0.4, 0.5) is 5.69 Å². The summed E-state index contributed by atoms with van der Waals surface area (Å²) < 4.78 is 7.09. The molecule has 0 radical (unpaired) electrons. The van der Waals surface area contributed by atoms with Crippen LogP contribution < -0.4 is 4.90 Å². The minimum absolute atomic E-state index is 0.0555. The Morgan fingerprint density at radius 3 is 2.62 bits per heavy atom. The maximum Gasteiger partial charge on any atom is 0.354 e. The third kappa shape index (κ3) is 3.06. The number of ether oxygens (including phenoxy) is 1. The lowest BCUT2D eigenvalue weighted by Gasteiger charge is -2.41. The minimum Gasteiger partial charge on any atom is -0.477 e. The van der Waals surface area contributed by atoms with Crippen LogP contribution in [0.3, 0.4) is 0 Å². The molecule has 0 amide bonds. The third-order valence-corrected chi connectivity index (χ3v) is 6.06. The van der Waals surface area contributed by atoms with Crippen LogP contribution in [-0.4, -0.2) is 52.6 Å². The summed E-state index contributed by atoms with van der Waals surface area (Å²) in [5.74, 6) is -0.143. The molecule has 0 bridgehead atoms. The number of hydrogen-bond donors (Lipinski definition) is 1. The number of fused-ring (bicyclic) bond motifs is 1. The van der Waals surface area contributed by atoms with Gasteiger partial charge in [0.25, 0.3) is 0 Å². The maximum atomic E-state index is 11.8. The fourth-order valence-electron chi connectivity index (χ4n) is 4.31. The predicted molar refractivity (Wildman–Crippen MR) is 110 cm³/mol. The van der Waals surface area contributed by atoms with Gasteiger partial charge in [-0.3, -0.25) is 0 Å². The van der Waals surface area contributed by atoms with E-state index < -0.39 is 5.97 Å². The Balaban J connectivity index is 1.70. The highest BCUT2D eigenvalue weighted by molar-refractivity contribution is 5.98. The van der Waals surface area contributed by atoms with Gasteiger partial charge in [-0.15, -0.1) is 0 Å². The van der Waals surface area contributed by atoms with Crippen LogP contribution in [-0.2, 0) is 4.74 Å². The molecule has 7 nitrogen and oxygen atoms in total. The van der Waals surface area contributed by atoms with Crippen molar-refractivity contribution < 1.29 is 14.6 Å². The molecule has 29 heavy (non-hydrogen) atoms. The zero-order valence-electron chi connectivity index (χ0n) is 16.4. The van der Waals surface area contributed by atoms with Crippen molar-refractivity contribution in [3.8, 4) is 5.69 Å². The van der Waals surface area contributed by atoms with Crippen LogP contribution in [0, 0.1) is 5.92 Å². The molecule has 1 saturated carbocycles. The quantitative estimate of drug-likeness (QED) is 0.692. The number of pyridine rings is 1. The zero-order chi connectivity index (χ0) is 20.0. The van der Waals surface area contributed by atoms with Crippen molar-refractivity contribution in [2.45, 2.75) is 25.2 Å². The van der Waals surface area contributed by atoms with E-state index >= 15 is 0 Å². The van der Waals surface area contributed by atoms with E-state index in [2.05, 4.69) is 9.88 Å². The Kier molecular flexibility index (Phi) is 4.47. The van der Waals surface area contributed by atoms with Gasteiger partial charge in [0, 0.05) is 32.0 Å². The van der Waals surface area contributed by atoms with Crippen molar-refractivity contribution in [3.05, 3.63) is 47.8 Å². The smallest absolute Gasteiger partial charge is 0.354 e. The minimum atomic E-state index is -1.02. The molecule has 3 aromatic rings. The number of benzene rings is 1. The molecule has 2 fully saturated rings. The lowest BCUT2D eigenvalue weighted by atomic mass is 9.81. The first-order valence-corrected chi connectivity index (χ1v) is 10.1. The summed E-state index contributed by atoms with van der Waals surface area (Å²) in [5, 5.41) is 15.6. The average Bonchev–Trinajstić information content (AvgIpc) is 3.02. The lowest BCUT2D eigenvalue weighted by Crippen LogP contribution is -2.49. The van der Waals surface area contributed by atoms with Gasteiger partial charge in [-0.2, -0.15) is 5.10 Å². The Labute approximate surface area is 168 Å². The third-order valence-electron chi connectivity index (χ3n) is 6.06. The molecule has 1 aliphatic heterocycles. The van der Waals surface area contributed by atoms with Crippen LogP contribution in [0.25, 0.3) is 16.7 Å². The molecule has 150 valence electrons. The number of carboxylic acids is 1. The van der Waals surface area contributed by atoms with Gasteiger partial charge >= 0.3 is 5.97 Å². The fourth-order valence-corrected chi connectivity index (χ4v) is 4.31. The van der Waals surface area contributed by atoms with Crippen LogP contribution in [0.15, 0.2) is 36.4 Å². The van der Waals surface area contributed by atoms with E-state index in [1.807, 2.05) is 35.0 Å². The molecule has 0 spiro atoms. The molecule has 0 unspecified atom stereocenters. The van der Waals surface area contributed by atoms with Crippen molar-refractivity contribution in [3.63, 3.8) is 0 Å². The second-order valence-electron chi connectivity index (χ2n) is 8.02. The van der Waals surface area contributed by atoms with E-state index in [0.29, 0.717) is 17.5 Å². The number of nitrogens with zero attached hydrogens (tertiary/aromatic N) is 4. The molecule has 0 atom stereocenters. The number of hydrogen-bond acceptors (Lipinski definition) is 5. The number of para-hydroxylation sites is 1. The highest BCUT2D eigenvalue weighted by Gasteiger charge is 2.34. The van der Waals surface area contributed by atoms with Gasteiger partial charge in [0.1, 0.15) is 0 Å². The fraction of sp³-hybridized carbons (Fsp3) is 0.409. The zero-order valence-corrected chi connectivity index (χ0v) is 16.4. The number of rotatable bonds is 6. The van der Waals surface area contributed by atoms with Crippen molar-refractivity contribution in [2.75, 3.05) is 31.7 Å². The van der Waals surface area contributed by atoms with Crippen LogP contribution >= 0.6 is 0 Å². The summed E-state index contributed by atoms with van der Waals surface area (Å²) >= 11 is 0. The Bertz CT molecular complexity index is 1050. The standard InChI is InChI=1S/C22H24N4O3/c1-29-13-14-11-25(12-14)18-10-17(22(27)28)23-21-19(18)20(15-6-5-7-15)24-26(21)16-8-3-2-4-9-16/h2-4,8-10,14-15H,5-7,11-13H2,1H3,(H,27,28). The van der Waals surface area contributed by atoms with Crippen molar-refractivity contribution in [2.24, 2.45) is 5.92 Å². The van der Waals surface area contributed by atoms with Gasteiger partial charge in [0.05, 0.1) is 29.1 Å². The van der Waals surface area contributed by atoms with E-state index in [0.717, 1.165) is 55.0 Å². The molecular weight excluding hydrogens is 368 g/mol. The lowest BCUT2D eigenvalue weighted by molar-refractivity contribution is 0.0691. The highest BCUT2D eigenvalue weighted by Crippen LogP contribution is 2.43. The number of carbonyl (C=O) groups is 1. The Morgan fingerprint density at radius 2 is 2.00 bits per heavy atom. The first-order chi connectivity index (χ1) is 14.2. The first-order valence-electron chi connectivity index (χ1n) is 10.1. The van der Waals surface area contributed by atoms with Crippen molar-refractivity contribution in [1.82, 2.24) is 14.8 Å². The predicted octanol–water partition coefficient (Wildman–Crippen LogP) is 3.47. The molecule has 1 aliphatic carbocycles. The molecule has 2 aliphatic rings. The van der Waals surface area contributed by atoms with E-state index in [1.54, 1.807) is 13.2 Å². The van der Waals surface area contributed by atoms with E-state index in [4.69, 9.17) is 9.84 Å². The topological polar surface area (TPSA) is 80.5 Å². The Hall–Kier alpha value is -2.93. The number of aromatic nitrogens is 3. The summed E-state index contributed by atoms with van der Waals surface area (Å²) in [6.45, 7) is 2.43. The second kappa shape index (κ2) is 7.15. The molecule has 2 aromatic heterocycles. The van der Waals surface area contributed by atoms with Crippen LogP contribution in [0.2, 0.25) is 0 Å². The van der Waals surface area contributed by atoms with Gasteiger partial charge in [-0.25, -0.2) is 14.5 Å². The summed E-state index contributed by atoms with van der Waals surface area (Å²) in [6, 6.07) is 11.5. The molecular formula is C22H24N4O3. The molecule has 1 N–H and O–H groups in total. The summed E-state index contributed by atoms with van der Waals surface area (Å²) in [5.41, 5.74) is 3.56. The van der Waals surface area contributed by atoms with Crippen LogP contribution in [0.5, 0.6) is 0 Å². The molecule has 1 saturated heterocycles. The summed E-state index contributed by atoms with van der Waals surface area (Å²) in [6.07, 6.45) is 3.45. The van der Waals surface area contributed by atoms with Gasteiger partial charge in [0.15, 0.2) is 11.3 Å². The van der Waals surface area contributed by atoms with Gasteiger partial charge in [-0.1, -0.05) is 24.6 Å². The summed E-state index contributed by atoms with van der Waals surface area (Å²) in [7, 11) is 1.72. The van der Waals surface area contributed by atoms with Crippen LogP contribution in [0.1, 0.15) is 41.4 Å². The van der Waals surface area contributed by atoms with Gasteiger partial charge in [-0.05, 0) is 31.0 Å². The van der Waals surface area contributed by atoms with Gasteiger partial charge < -0.3 is 14.7 Å². The average molecular weight is 392 g/mol. The van der Waals surface area contributed by atoms with Crippen molar-refractivity contribution in [1.29, 1.82) is 0 Å². The maximum absolute atomic E-state index is 11.8. The Morgan fingerprint density at radius 1 is 1.24 bits per heavy atom. The van der Waals surface area contributed by atoms with E-state index in [-0.39, 0.29) is 5.69 Å². The number of aromatic carboxylic acids is 1. The number of carboxylic acid groups (broad SMARTS) is 1. The number of methoxy groups -OCH3 is 1. The normalized spacial score (nSPS) is 17.3. The van der Waals surface area contributed by atoms with E-state index in [9.17, 15) is 9.90 Å². The van der Waals surface area contributed by atoms with Crippen molar-refractivity contribution >= 4 is 22.7 Å². The molecule has 7 heteroatoms. The molecule has 3 heterocycles. The molecule has 1 aromatic carbocycles. The second-order valence-corrected chi connectivity index (χ2v) is 8.02. The number of anilines is 1.